The number of carbonyl (C=O) groups excluding carboxylic acids is 2. The topological polar surface area (TPSA) is 88.4 Å². The van der Waals surface area contributed by atoms with Crippen LogP contribution in [0.25, 0.3) is 0 Å². The summed E-state index contributed by atoms with van der Waals surface area (Å²) in [7, 11) is 0. The number of hydrogen-bond acceptors (Lipinski definition) is 5. The van der Waals surface area contributed by atoms with E-state index in [-0.39, 0.29) is 12.5 Å². The Balaban J connectivity index is 1.74. The Labute approximate surface area is 145 Å². The number of benzene rings is 1. The minimum Gasteiger partial charge on any atom is -0.482 e. The van der Waals surface area contributed by atoms with Gasteiger partial charge in [-0.05, 0) is 56.4 Å². The van der Waals surface area contributed by atoms with E-state index >= 15 is 0 Å². The number of rotatable bonds is 7. The van der Waals surface area contributed by atoms with Crippen molar-refractivity contribution in [3.8, 4) is 11.8 Å². The van der Waals surface area contributed by atoms with Gasteiger partial charge in [-0.2, -0.15) is 5.26 Å². The number of ether oxygens (including phenoxy) is 2. The summed E-state index contributed by atoms with van der Waals surface area (Å²) in [5.74, 6) is -0.475. The summed E-state index contributed by atoms with van der Waals surface area (Å²) in [6, 6.07) is 7.14. The van der Waals surface area contributed by atoms with Gasteiger partial charge in [0.25, 0.3) is 5.91 Å². The van der Waals surface area contributed by atoms with Gasteiger partial charge in [0.2, 0.25) is 0 Å². The Morgan fingerprint density at radius 3 is 2.71 bits per heavy atom. The van der Waals surface area contributed by atoms with E-state index in [4.69, 9.17) is 21.1 Å². The first kappa shape index (κ1) is 18.1. The molecule has 128 valence electrons. The van der Waals surface area contributed by atoms with E-state index in [1.165, 1.54) is 0 Å². The van der Waals surface area contributed by atoms with Crippen LogP contribution >= 0.6 is 11.6 Å². The third kappa shape index (κ3) is 4.87. The van der Waals surface area contributed by atoms with Crippen LogP contribution in [-0.2, 0) is 14.3 Å². The largest absolute Gasteiger partial charge is 0.482 e. The standard InChI is InChI=1S/C17H19ClN2O4/c1-11-7-13(18)5-6-14(11)23-9-16(22)24-8-15(21)20-17(2,10-19)12-3-4-12/h5-7,12H,3-4,8-9H2,1-2H3,(H,20,21)/t17-/m0/s1. The Hall–Kier alpha value is -2.26. The van der Waals surface area contributed by atoms with Crippen molar-refractivity contribution >= 4 is 23.5 Å². The molecule has 24 heavy (non-hydrogen) atoms. The minimum absolute atomic E-state index is 0.165. The zero-order valence-electron chi connectivity index (χ0n) is 13.6. The van der Waals surface area contributed by atoms with Crippen molar-refractivity contribution < 1.29 is 19.1 Å². The Bertz CT molecular complexity index is 682. The van der Waals surface area contributed by atoms with Crippen molar-refractivity contribution in [3.63, 3.8) is 0 Å². The van der Waals surface area contributed by atoms with E-state index in [0.29, 0.717) is 10.8 Å². The van der Waals surface area contributed by atoms with Gasteiger partial charge >= 0.3 is 5.97 Å². The molecular formula is C17H19ClN2O4. The number of halogens is 1. The van der Waals surface area contributed by atoms with Crippen LogP contribution in [0.1, 0.15) is 25.3 Å². The van der Waals surface area contributed by atoms with Crippen molar-refractivity contribution in [2.45, 2.75) is 32.2 Å². The van der Waals surface area contributed by atoms with Crippen LogP contribution < -0.4 is 10.1 Å². The maximum atomic E-state index is 11.8. The van der Waals surface area contributed by atoms with Gasteiger partial charge in [-0.1, -0.05) is 11.6 Å². The van der Waals surface area contributed by atoms with Crippen LogP contribution in [-0.4, -0.2) is 30.6 Å². The van der Waals surface area contributed by atoms with E-state index < -0.39 is 24.0 Å². The molecule has 2 rings (SSSR count). The number of nitriles is 1. The highest BCUT2D eigenvalue weighted by molar-refractivity contribution is 6.30. The summed E-state index contributed by atoms with van der Waals surface area (Å²) >= 11 is 5.84. The molecule has 0 radical (unpaired) electrons. The highest BCUT2D eigenvalue weighted by Gasteiger charge is 2.43. The zero-order valence-corrected chi connectivity index (χ0v) is 14.4. The summed E-state index contributed by atoms with van der Waals surface area (Å²) < 4.78 is 10.2. The molecule has 7 heteroatoms. The van der Waals surface area contributed by atoms with Gasteiger partial charge in [0.1, 0.15) is 11.3 Å². The number of aryl methyl sites for hydroxylation is 1. The molecule has 1 amide bonds. The van der Waals surface area contributed by atoms with E-state index in [0.717, 1.165) is 18.4 Å². The molecule has 1 saturated carbocycles. The fourth-order valence-electron chi connectivity index (χ4n) is 2.31. The summed E-state index contributed by atoms with van der Waals surface area (Å²) in [6.45, 7) is 2.73. The lowest BCUT2D eigenvalue weighted by Gasteiger charge is -2.22. The lowest BCUT2D eigenvalue weighted by molar-refractivity contribution is -0.150. The van der Waals surface area contributed by atoms with Crippen LogP contribution in [0, 0.1) is 24.2 Å². The summed E-state index contributed by atoms with van der Waals surface area (Å²) in [6.07, 6.45) is 1.83. The second-order valence-corrected chi connectivity index (χ2v) is 6.43. The predicted molar refractivity (Wildman–Crippen MR) is 87.5 cm³/mol. The predicted octanol–water partition coefficient (Wildman–Crippen LogP) is 2.38. The molecule has 1 N–H and O–H groups in total. The molecule has 0 spiro atoms. The molecule has 0 aromatic heterocycles. The molecule has 1 aliphatic carbocycles. The smallest absolute Gasteiger partial charge is 0.344 e. The molecular weight excluding hydrogens is 332 g/mol. The van der Waals surface area contributed by atoms with Crippen LogP contribution in [0.5, 0.6) is 5.75 Å². The van der Waals surface area contributed by atoms with Crippen molar-refractivity contribution in [1.29, 1.82) is 5.26 Å². The molecule has 1 fully saturated rings. The van der Waals surface area contributed by atoms with Crippen LogP contribution in [0.3, 0.4) is 0 Å². The molecule has 0 aliphatic heterocycles. The highest BCUT2D eigenvalue weighted by atomic mass is 35.5. The van der Waals surface area contributed by atoms with Gasteiger partial charge in [-0.25, -0.2) is 4.79 Å². The van der Waals surface area contributed by atoms with E-state index in [2.05, 4.69) is 11.4 Å². The third-order valence-electron chi connectivity index (χ3n) is 3.87. The highest BCUT2D eigenvalue weighted by Crippen LogP contribution is 2.39. The van der Waals surface area contributed by atoms with Gasteiger partial charge in [0.15, 0.2) is 13.2 Å². The molecule has 1 aromatic carbocycles. The van der Waals surface area contributed by atoms with Crippen LogP contribution in [0.15, 0.2) is 18.2 Å². The first-order chi connectivity index (χ1) is 11.3. The Kier molecular flexibility index (Phi) is 5.68. The maximum Gasteiger partial charge on any atom is 0.344 e. The molecule has 0 bridgehead atoms. The second-order valence-electron chi connectivity index (χ2n) is 6.00. The van der Waals surface area contributed by atoms with Crippen LogP contribution in [0.2, 0.25) is 5.02 Å². The Morgan fingerprint density at radius 1 is 1.42 bits per heavy atom. The van der Waals surface area contributed by atoms with Gasteiger partial charge in [0.05, 0.1) is 6.07 Å². The number of hydrogen-bond donors (Lipinski definition) is 1. The van der Waals surface area contributed by atoms with Crippen molar-refractivity contribution in [2.24, 2.45) is 5.92 Å². The SMILES string of the molecule is Cc1cc(Cl)ccc1OCC(=O)OCC(=O)N[C@@](C)(C#N)C1CC1. The maximum absolute atomic E-state index is 11.8. The molecule has 1 aromatic rings. The monoisotopic (exact) mass is 350 g/mol. The zero-order chi connectivity index (χ0) is 17.7. The van der Waals surface area contributed by atoms with Gasteiger partial charge < -0.3 is 14.8 Å². The van der Waals surface area contributed by atoms with Crippen LogP contribution in [0.4, 0.5) is 0 Å². The molecule has 0 saturated heterocycles. The summed E-state index contributed by atoms with van der Waals surface area (Å²) in [5, 5.41) is 12.4. The number of esters is 1. The number of carbonyl (C=O) groups is 2. The van der Waals surface area contributed by atoms with Crippen molar-refractivity contribution in [2.75, 3.05) is 13.2 Å². The molecule has 0 unspecified atom stereocenters. The Morgan fingerprint density at radius 2 is 2.12 bits per heavy atom. The number of nitrogens with one attached hydrogen (secondary N) is 1. The van der Waals surface area contributed by atoms with Gasteiger partial charge in [0, 0.05) is 5.02 Å². The quantitative estimate of drug-likeness (QED) is 0.763. The fourth-order valence-corrected chi connectivity index (χ4v) is 2.53. The van der Waals surface area contributed by atoms with E-state index in [1.54, 1.807) is 32.0 Å². The van der Waals surface area contributed by atoms with Crippen molar-refractivity contribution in [3.05, 3.63) is 28.8 Å². The summed E-state index contributed by atoms with van der Waals surface area (Å²) in [4.78, 5) is 23.5. The molecule has 1 atom stereocenters. The molecule has 1 aliphatic rings. The fraction of sp³-hybridized carbons (Fsp3) is 0.471. The van der Waals surface area contributed by atoms with E-state index in [1.807, 2.05) is 0 Å². The first-order valence-electron chi connectivity index (χ1n) is 7.61. The second kappa shape index (κ2) is 7.54. The molecule has 6 nitrogen and oxygen atoms in total. The lowest BCUT2D eigenvalue weighted by atomic mass is 9.98. The average molecular weight is 351 g/mol. The van der Waals surface area contributed by atoms with E-state index in [9.17, 15) is 14.9 Å². The lowest BCUT2D eigenvalue weighted by Crippen LogP contribution is -2.48. The summed E-state index contributed by atoms with van der Waals surface area (Å²) in [5.41, 5.74) is -0.109. The minimum atomic E-state index is -0.902. The number of amides is 1. The number of nitrogens with zero attached hydrogens (tertiary/aromatic N) is 1. The normalized spacial score (nSPS) is 15.8. The van der Waals surface area contributed by atoms with Gasteiger partial charge in [-0.15, -0.1) is 0 Å². The third-order valence-corrected chi connectivity index (χ3v) is 4.11. The van der Waals surface area contributed by atoms with Gasteiger partial charge in [-0.3, -0.25) is 4.79 Å². The average Bonchev–Trinajstić information content (AvgIpc) is 3.37. The first-order valence-corrected chi connectivity index (χ1v) is 7.98. The van der Waals surface area contributed by atoms with Crippen molar-refractivity contribution in [1.82, 2.24) is 5.32 Å². The molecule has 0 heterocycles.